The van der Waals surface area contributed by atoms with E-state index in [1.54, 1.807) is 30.7 Å². The third kappa shape index (κ3) is 3.34. The van der Waals surface area contributed by atoms with Crippen molar-refractivity contribution in [3.05, 3.63) is 42.9 Å². The van der Waals surface area contributed by atoms with Crippen LogP contribution < -0.4 is 10.2 Å². The average Bonchev–Trinajstić information content (AvgIpc) is 2.57. The number of hydrogen-bond acceptors (Lipinski definition) is 5. The van der Waals surface area contributed by atoms with Crippen LogP contribution in [0.25, 0.3) is 0 Å². The molecular formula is C15H17N5O. The number of nitrogens with one attached hydrogen (secondary N) is 1. The van der Waals surface area contributed by atoms with Crippen molar-refractivity contribution >= 4 is 17.7 Å². The topological polar surface area (TPSA) is 71.0 Å². The number of aromatic nitrogens is 3. The number of pyridine rings is 1. The van der Waals surface area contributed by atoms with Crippen molar-refractivity contribution in [2.45, 2.75) is 12.8 Å². The summed E-state index contributed by atoms with van der Waals surface area (Å²) in [6.45, 7) is 1.53. The molecule has 2 aromatic rings. The van der Waals surface area contributed by atoms with Crippen molar-refractivity contribution in [2.24, 2.45) is 5.92 Å². The van der Waals surface area contributed by atoms with Gasteiger partial charge in [0.2, 0.25) is 11.9 Å². The molecule has 6 heteroatoms. The van der Waals surface area contributed by atoms with Gasteiger partial charge in [0.25, 0.3) is 0 Å². The molecule has 2 aromatic heterocycles. The molecule has 1 saturated heterocycles. The van der Waals surface area contributed by atoms with Crippen LogP contribution in [0, 0.1) is 5.92 Å². The second kappa shape index (κ2) is 6.30. The summed E-state index contributed by atoms with van der Waals surface area (Å²) >= 11 is 0. The van der Waals surface area contributed by atoms with Crippen molar-refractivity contribution in [3.8, 4) is 0 Å². The van der Waals surface area contributed by atoms with E-state index in [4.69, 9.17) is 0 Å². The number of carbonyl (C=O) groups is 1. The lowest BCUT2D eigenvalue weighted by atomic mass is 9.97. The highest BCUT2D eigenvalue weighted by atomic mass is 16.2. The Morgan fingerprint density at radius 2 is 1.95 bits per heavy atom. The van der Waals surface area contributed by atoms with Crippen LogP contribution in [-0.4, -0.2) is 33.9 Å². The highest BCUT2D eigenvalue weighted by molar-refractivity contribution is 5.92. The molecule has 1 amide bonds. The molecule has 21 heavy (non-hydrogen) atoms. The average molecular weight is 283 g/mol. The molecule has 0 saturated carbocycles. The van der Waals surface area contributed by atoms with E-state index in [0.717, 1.165) is 19.4 Å². The lowest BCUT2D eigenvalue weighted by Gasteiger charge is -2.31. The van der Waals surface area contributed by atoms with Crippen LogP contribution in [0.5, 0.6) is 0 Å². The fourth-order valence-corrected chi connectivity index (χ4v) is 2.49. The maximum atomic E-state index is 12.3. The highest BCUT2D eigenvalue weighted by Crippen LogP contribution is 2.21. The molecule has 108 valence electrons. The van der Waals surface area contributed by atoms with Gasteiger partial charge in [0, 0.05) is 31.7 Å². The minimum atomic E-state index is -0.0652. The summed E-state index contributed by atoms with van der Waals surface area (Å²) in [5.74, 6) is 1.22. The Bertz CT molecular complexity index is 590. The van der Waals surface area contributed by atoms with Crippen LogP contribution in [-0.2, 0) is 4.79 Å². The summed E-state index contributed by atoms with van der Waals surface area (Å²) < 4.78 is 0. The lowest BCUT2D eigenvalue weighted by Crippen LogP contribution is -2.41. The third-order valence-electron chi connectivity index (χ3n) is 3.54. The predicted octanol–water partition coefficient (Wildman–Crippen LogP) is 1.73. The Balaban J connectivity index is 1.64. The molecule has 0 unspecified atom stereocenters. The van der Waals surface area contributed by atoms with Gasteiger partial charge in [0.1, 0.15) is 5.82 Å². The van der Waals surface area contributed by atoms with E-state index in [0.29, 0.717) is 18.3 Å². The molecule has 0 aliphatic carbocycles. The number of hydrogen-bond donors (Lipinski definition) is 1. The van der Waals surface area contributed by atoms with Crippen LogP contribution in [0.1, 0.15) is 12.8 Å². The molecule has 0 radical (unpaired) electrons. The molecule has 1 fully saturated rings. The van der Waals surface area contributed by atoms with Crippen molar-refractivity contribution in [2.75, 3.05) is 23.3 Å². The van der Waals surface area contributed by atoms with Crippen LogP contribution in [0.15, 0.2) is 42.9 Å². The van der Waals surface area contributed by atoms with Crippen molar-refractivity contribution in [1.29, 1.82) is 0 Å². The maximum absolute atomic E-state index is 12.3. The Kier molecular flexibility index (Phi) is 4.04. The molecule has 3 rings (SSSR count). The van der Waals surface area contributed by atoms with E-state index in [-0.39, 0.29) is 11.8 Å². The van der Waals surface area contributed by atoms with E-state index in [9.17, 15) is 4.79 Å². The zero-order chi connectivity index (χ0) is 14.5. The Morgan fingerprint density at radius 1 is 1.14 bits per heavy atom. The third-order valence-corrected chi connectivity index (χ3v) is 3.54. The quantitative estimate of drug-likeness (QED) is 0.928. The zero-order valence-electron chi connectivity index (χ0n) is 11.6. The molecule has 0 spiro atoms. The number of carbonyl (C=O) groups excluding carboxylic acids is 1. The van der Waals surface area contributed by atoms with Gasteiger partial charge in [0.15, 0.2) is 0 Å². The van der Waals surface area contributed by atoms with E-state index in [1.165, 1.54) is 0 Å². The van der Waals surface area contributed by atoms with Crippen LogP contribution in [0.3, 0.4) is 0 Å². The largest absolute Gasteiger partial charge is 0.340 e. The number of rotatable bonds is 3. The summed E-state index contributed by atoms with van der Waals surface area (Å²) in [5.41, 5.74) is 0. The molecule has 0 bridgehead atoms. The highest BCUT2D eigenvalue weighted by Gasteiger charge is 2.27. The number of nitrogens with zero attached hydrogens (tertiary/aromatic N) is 4. The van der Waals surface area contributed by atoms with Gasteiger partial charge in [0.05, 0.1) is 5.92 Å². The fourth-order valence-electron chi connectivity index (χ4n) is 2.49. The van der Waals surface area contributed by atoms with Gasteiger partial charge in [-0.05, 0) is 31.0 Å². The van der Waals surface area contributed by atoms with Gasteiger partial charge >= 0.3 is 0 Å². The molecule has 1 aliphatic rings. The molecule has 6 nitrogen and oxygen atoms in total. The van der Waals surface area contributed by atoms with E-state index >= 15 is 0 Å². The first kappa shape index (κ1) is 13.5. The number of piperidine rings is 1. The Labute approximate surface area is 123 Å². The summed E-state index contributed by atoms with van der Waals surface area (Å²) in [7, 11) is 0. The van der Waals surface area contributed by atoms with E-state index in [2.05, 4.69) is 25.2 Å². The first-order valence-corrected chi connectivity index (χ1v) is 7.07. The molecule has 1 aliphatic heterocycles. The van der Waals surface area contributed by atoms with Gasteiger partial charge in [-0.15, -0.1) is 0 Å². The molecular weight excluding hydrogens is 266 g/mol. The Morgan fingerprint density at radius 3 is 2.71 bits per heavy atom. The van der Waals surface area contributed by atoms with Gasteiger partial charge in [-0.3, -0.25) is 4.79 Å². The van der Waals surface area contributed by atoms with Crippen molar-refractivity contribution in [1.82, 2.24) is 15.0 Å². The fraction of sp³-hybridized carbons (Fsp3) is 0.333. The monoisotopic (exact) mass is 283 g/mol. The predicted molar refractivity (Wildman–Crippen MR) is 79.8 cm³/mol. The van der Waals surface area contributed by atoms with Gasteiger partial charge < -0.3 is 10.2 Å². The van der Waals surface area contributed by atoms with E-state index < -0.39 is 0 Å². The van der Waals surface area contributed by atoms with Crippen LogP contribution >= 0.6 is 0 Å². The number of anilines is 2. The summed E-state index contributed by atoms with van der Waals surface area (Å²) in [4.78, 5) is 27.0. The summed E-state index contributed by atoms with van der Waals surface area (Å²) in [5, 5.41) is 2.87. The SMILES string of the molecule is O=C(Nc1ccccn1)[C@H]1CCCN(c2ncccn2)C1. The van der Waals surface area contributed by atoms with Gasteiger partial charge in [-0.25, -0.2) is 15.0 Å². The first-order valence-electron chi connectivity index (χ1n) is 7.07. The minimum absolute atomic E-state index is 0.00864. The maximum Gasteiger partial charge on any atom is 0.230 e. The second-order valence-electron chi connectivity index (χ2n) is 5.04. The Hall–Kier alpha value is -2.50. The summed E-state index contributed by atoms with van der Waals surface area (Å²) in [6.07, 6.45) is 6.95. The normalized spacial score (nSPS) is 18.3. The van der Waals surface area contributed by atoms with Gasteiger partial charge in [-0.2, -0.15) is 0 Å². The molecule has 1 atom stereocenters. The van der Waals surface area contributed by atoms with E-state index in [1.807, 2.05) is 12.1 Å². The molecule has 0 aromatic carbocycles. The number of amides is 1. The van der Waals surface area contributed by atoms with Crippen LogP contribution in [0.2, 0.25) is 0 Å². The van der Waals surface area contributed by atoms with Crippen molar-refractivity contribution in [3.63, 3.8) is 0 Å². The standard InChI is InChI=1S/C15H17N5O/c21-14(19-13-6-1-2-7-16-13)12-5-3-10-20(11-12)15-17-8-4-9-18-15/h1-2,4,6-9,12H,3,5,10-11H2,(H,16,19,21)/t12-/m0/s1. The molecule has 1 N–H and O–H groups in total. The lowest BCUT2D eigenvalue weighted by molar-refractivity contribution is -0.120. The summed E-state index contributed by atoms with van der Waals surface area (Å²) in [6, 6.07) is 7.26. The minimum Gasteiger partial charge on any atom is -0.340 e. The first-order chi connectivity index (χ1) is 10.3. The smallest absolute Gasteiger partial charge is 0.230 e. The molecule has 3 heterocycles. The van der Waals surface area contributed by atoms with Crippen molar-refractivity contribution < 1.29 is 4.79 Å². The zero-order valence-corrected chi connectivity index (χ0v) is 11.6. The second-order valence-corrected chi connectivity index (χ2v) is 5.04. The van der Waals surface area contributed by atoms with Crippen LogP contribution in [0.4, 0.5) is 11.8 Å². The van der Waals surface area contributed by atoms with Gasteiger partial charge in [-0.1, -0.05) is 6.07 Å².